The van der Waals surface area contributed by atoms with Gasteiger partial charge in [-0.25, -0.2) is 0 Å². The van der Waals surface area contributed by atoms with Gasteiger partial charge in [0.2, 0.25) is 11.8 Å². The number of likely N-dealkylation sites (tertiary alicyclic amines) is 1. The van der Waals surface area contributed by atoms with Crippen molar-refractivity contribution in [2.45, 2.75) is 82.6 Å². The van der Waals surface area contributed by atoms with Crippen LogP contribution in [0.25, 0.3) is 0 Å². The molecule has 1 fully saturated rings. The zero-order valence-electron chi connectivity index (χ0n) is 13.8. The molecule has 2 unspecified atom stereocenters. The first-order valence-corrected chi connectivity index (χ1v) is 8.35. The molecular formula is C15H27BNO2S. The van der Waals surface area contributed by atoms with Gasteiger partial charge in [-0.05, 0) is 25.6 Å². The summed E-state index contributed by atoms with van der Waals surface area (Å²) in [6, 6.07) is 0. The summed E-state index contributed by atoms with van der Waals surface area (Å²) in [5.41, 5.74) is -0.499. The van der Waals surface area contributed by atoms with Crippen molar-refractivity contribution in [2.24, 2.45) is 0 Å². The molecule has 2 amide bonds. The van der Waals surface area contributed by atoms with Crippen molar-refractivity contribution in [2.75, 3.05) is 0 Å². The summed E-state index contributed by atoms with van der Waals surface area (Å²) in [5, 5.41) is -0.0104. The Bertz CT molecular complexity index is 395. The van der Waals surface area contributed by atoms with E-state index in [1.165, 1.54) is 4.90 Å². The molecule has 0 aromatic rings. The van der Waals surface area contributed by atoms with E-state index in [-0.39, 0.29) is 22.4 Å². The van der Waals surface area contributed by atoms with Gasteiger partial charge in [0.05, 0.1) is 5.25 Å². The molecular weight excluding hydrogens is 269 g/mol. The van der Waals surface area contributed by atoms with Gasteiger partial charge in [-0.1, -0.05) is 34.5 Å². The van der Waals surface area contributed by atoms with Gasteiger partial charge in [-0.15, -0.1) is 11.8 Å². The summed E-state index contributed by atoms with van der Waals surface area (Å²) >= 11 is 1.63. The Labute approximate surface area is 128 Å². The van der Waals surface area contributed by atoms with Gasteiger partial charge < -0.3 is 0 Å². The number of hydrogen-bond donors (Lipinski definition) is 0. The van der Waals surface area contributed by atoms with Crippen LogP contribution in [0.5, 0.6) is 0 Å². The predicted octanol–water partition coefficient (Wildman–Crippen LogP) is 3.38. The highest BCUT2D eigenvalue weighted by Crippen LogP contribution is 2.45. The third-order valence-corrected chi connectivity index (χ3v) is 6.43. The molecule has 1 aliphatic rings. The number of nitrogens with zero attached hydrogens (tertiary/aromatic N) is 1. The normalized spacial score (nSPS) is 22.4. The lowest BCUT2D eigenvalue weighted by Gasteiger charge is -2.46. The largest absolute Gasteiger partial charge is 0.276 e. The second-order valence-electron chi connectivity index (χ2n) is 6.68. The number of hydrogen-bond acceptors (Lipinski definition) is 3. The summed E-state index contributed by atoms with van der Waals surface area (Å²) in [4.78, 5) is 26.5. The number of imide groups is 1. The summed E-state index contributed by atoms with van der Waals surface area (Å²) in [6.45, 7) is 14.3. The Balaban J connectivity index is 2.97. The zero-order chi connectivity index (χ0) is 15.7. The zero-order valence-corrected chi connectivity index (χ0v) is 14.6. The Hall–Kier alpha value is -0.445. The van der Waals surface area contributed by atoms with Crippen molar-refractivity contribution < 1.29 is 9.59 Å². The summed E-state index contributed by atoms with van der Waals surface area (Å²) in [5.74, 6) is -0.0454. The van der Waals surface area contributed by atoms with Crippen molar-refractivity contribution in [1.82, 2.24) is 4.90 Å². The average Bonchev–Trinajstić information content (AvgIpc) is 2.64. The highest BCUT2D eigenvalue weighted by Gasteiger charge is 2.51. The molecule has 1 saturated heterocycles. The molecule has 1 rings (SSSR count). The van der Waals surface area contributed by atoms with Crippen molar-refractivity contribution in [3.05, 3.63) is 0 Å². The van der Waals surface area contributed by atoms with E-state index in [1.54, 1.807) is 11.8 Å². The van der Waals surface area contributed by atoms with Gasteiger partial charge in [0.1, 0.15) is 7.28 Å². The van der Waals surface area contributed by atoms with E-state index >= 15 is 0 Å². The van der Waals surface area contributed by atoms with Crippen LogP contribution < -0.4 is 0 Å². The molecule has 0 aromatic carbocycles. The minimum atomic E-state index is -0.499. The molecule has 113 valence electrons. The monoisotopic (exact) mass is 296 g/mol. The highest BCUT2D eigenvalue weighted by molar-refractivity contribution is 8.01. The number of carbonyl (C=O) groups is 2. The van der Waals surface area contributed by atoms with Crippen LogP contribution in [-0.2, 0) is 9.59 Å². The van der Waals surface area contributed by atoms with Crippen LogP contribution in [0.15, 0.2) is 0 Å². The maximum absolute atomic E-state index is 12.6. The van der Waals surface area contributed by atoms with Crippen LogP contribution in [0.4, 0.5) is 0 Å². The van der Waals surface area contributed by atoms with E-state index in [2.05, 4.69) is 35.0 Å². The smallest absolute Gasteiger partial charge is 0.243 e. The Morgan fingerprint density at radius 3 is 2.35 bits per heavy atom. The van der Waals surface area contributed by atoms with Gasteiger partial charge in [-0.3, -0.25) is 14.5 Å². The fourth-order valence-electron chi connectivity index (χ4n) is 2.32. The van der Waals surface area contributed by atoms with Crippen molar-refractivity contribution in [1.29, 1.82) is 0 Å². The number of thioether (sulfide) groups is 1. The molecule has 0 aliphatic carbocycles. The standard InChI is InChI=1S/C15H27BNO2S/c1-8-10(2)20-11-9-12(18)17(13(11)19)15(5,6)14(3,4)16-7/h10-11H,8-9H2,1-7H3. The van der Waals surface area contributed by atoms with Crippen LogP contribution >= 0.6 is 11.8 Å². The van der Waals surface area contributed by atoms with E-state index in [1.807, 2.05) is 20.7 Å². The molecule has 1 radical (unpaired) electrons. The van der Waals surface area contributed by atoms with Gasteiger partial charge in [0.25, 0.3) is 0 Å². The van der Waals surface area contributed by atoms with Crippen LogP contribution in [0.3, 0.4) is 0 Å². The third kappa shape index (κ3) is 3.08. The van der Waals surface area contributed by atoms with Crippen molar-refractivity contribution >= 4 is 30.9 Å². The lowest BCUT2D eigenvalue weighted by molar-refractivity contribution is -0.145. The number of amides is 2. The van der Waals surface area contributed by atoms with Crippen LogP contribution in [0.1, 0.15) is 54.4 Å². The van der Waals surface area contributed by atoms with Gasteiger partial charge >= 0.3 is 0 Å². The summed E-state index contributed by atoms with van der Waals surface area (Å²) in [7, 11) is 2.07. The maximum atomic E-state index is 12.6. The molecule has 0 spiro atoms. The third-order valence-electron chi connectivity index (χ3n) is 4.93. The van der Waals surface area contributed by atoms with Crippen molar-refractivity contribution in [3.8, 4) is 0 Å². The van der Waals surface area contributed by atoms with Crippen LogP contribution in [-0.4, -0.2) is 40.0 Å². The first kappa shape index (κ1) is 17.6. The van der Waals surface area contributed by atoms with Gasteiger partial charge in [0, 0.05) is 17.2 Å². The number of rotatable bonds is 6. The molecule has 0 N–H and O–H groups in total. The first-order valence-electron chi connectivity index (χ1n) is 7.41. The molecule has 0 aromatic heterocycles. The molecule has 2 atom stereocenters. The minimum Gasteiger partial charge on any atom is -0.276 e. The molecule has 20 heavy (non-hydrogen) atoms. The van der Waals surface area contributed by atoms with E-state index in [4.69, 9.17) is 0 Å². The van der Waals surface area contributed by atoms with E-state index in [9.17, 15) is 9.59 Å². The fourth-order valence-corrected chi connectivity index (χ4v) is 3.53. The molecule has 0 bridgehead atoms. The van der Waals surface area contributed by atoms with E-state index < -0.39 is 5.54 Å². The Morgan fingerprint density at radius 2 is 1.90 bits per heavy atom. The molecule has 1 aliphatic heterocycles. The molecule has 5 heteroatoms. The number of carbonyl (C=O) groups excluding carboxylic acids is 2. The highest BCUT2D eigenvalue weighted by atomic mass is 32.2. The SMILES string of the molecule is C[B]C(C)(C)C(C)(C)N1C(=O)CC(SC(C)CC)C1=O. The summed E-state index contributed by atoms with van der Waals surface area (Å²) in [6.07, 6.45) is 1.36. The Morgan fingerprint density at radius 1 is 1.35 bits per heavy atom. The van der Waals surface area contributed by atoms with Crippen molar-refractivity contribution in [3.63, 3.8) is 0 Å². The van der Waals surface area contributed by atoms with Crippen LogP contribution in [0, 0.1) is 0 Å². The topological polar surface area (TPSA) is 37.4 Å². The lowest BCUT2D eigenvalue weighted by atomic mass is 9.48. The second-order valence-corrected chi connectivity index (χ2v) is 8.33. The minimum absolute atomic E-state index is 0.0137. The van der Waals surface area contributed by atoms with E-state index in [0.29, 0.717) is 11.7 Å². The Kier molecular flexibility index (Phi) is 5.39. The molecule has 0 saturated carbocycles. The summed E-state index contributed by atoms with van der Waals surface area (Å²) < 4.78 is 0. The molecule has 1 heterocycles. The van der Waals surface area contributed by atoms with E-state index in [0.717, 1.165) is 6.42 Å². The first-order chi connectivity index (χ1) is 9.08. The van der Waals surface area contributed by atoms with Gasteiger partial charge in [0.15, 0.2) is 0 Å². The second kappa shape index (κ2) is 6.12. The van der Waals surface area contributed by atoms with Crippen LogP contribution in [0.2, 0.25) is 12.1 Å². The average molecular weight is 296 g/mol. The fraction of sp³-hybridized carbons (Fsp3) is 0.867. The predicted molar refractivity (Wildman–Crippen MR) is 87.3 cm³/mol. The maximum Gasteiger partial charge on any atom is 0.243 e. The lowest BCUT2D eigenvalue weighted by Crippen LogP contribution is -2.55. The van der Waals surface area contributed by atoms with Gasteiger partial charge in [-0.2, -0.15) is 0 Å². The molecule has 3 nitrogen and oxygen atoms in total. The quantitative estimate of drug-likeness (QED) is 0.557.